The van der Waals surface area contributed by atoms with E-state index in [-0.39, 0.29) is 17.9 Å². The predicted octanol–water partition coefficient (Wildman–Crippen LogP) is 4.27. The summed E-state index contributed by atoms with van der Waals surface area (Å²) in [4.78, 5) is 19.3. The molecule has 0 bridgehead atoms. The van der Waals surface area contributed by atoms with Gasteiger partial charge in [0, 0.05) is 16.1 Å². The second kappa shape index (κ2) is 8.83. The van der Waals surface area contributed by atoms with Crippen molar-refractivity contribution < 1.29 is 9.47 Å². The van der Waals surface area contributed by atoms with Crippen molar-refractivity contribution in [2.45, 2.75) is 11.8 Å². The van der Waals surface area contributed by atoms with Crippen LogP contribution in [0.3, 0.4) is 0 Å². The Balaban J connectivity index is 2.13. The summed E-state index contributed by atoms with van der Waals surface area (Å²) < 4.78 is 11.4. The SMILES string of the molecule is COc1cccc(-c2nc(SC)[nH]c(=O)c2C#N)c1OCc1ccccc1Cl. The molecule has 0 unspecified atom stereocenters. The number of para-hydroxylation sites is 1. The average molecular weight is 414 g/mol. The topological polar surface area (TPSA) is 88.0 Å². The zero-order valence-electron chi connectivity index (χ0n) is 15.2. The summed E-state index contributed by atoms with van der Waals surface area (Å²) in [6, 6.07) is 14.5. The molecule has 0 fully saturated rings. The Morgan fingerprint density at radius 2 is 2.04 bits per heavy atom. The molecule has 1 heterocycles. The lowest BCUT2D eigenvalue weighted by Crippen LogP contribution is -2.15. The van der Waals surface area contributed by atoms with Crippen LogP contribution in [0, 0.1) is 11.3 Å². The van der Waals surface area contributed by atoms with E-state index in [9.17, 15) is 10.1 Å². The Kier molecular flexibility index (Phi) is 6.24. The number of nitrogens with zero attached hydrogens (tertiary/aromatic N) is 2. The zero-order chi connectivity index (χ0) is 20.1. The lowest BCUT2D eigenvalue weighted by molar-refractivity contribution is 0.286. The van der Waals surface area contributed by atoms with E-state index in [0.717, 1.165) is 5.56 Å². The van der Waals surface area contributed by atoms with Crippen molar-refractivity contribution in [2.24, 2.45) is 0 Å². The second-order valence-corrected chi connectivity index (χ2v) is 6.83. The van der Waals surface area contributed by atoms with E-state index in [4.69, 9.17) is 21.1 Å². The summed E-state index contributed by atoms with van der Waals surface area (Å²) in [7, 11) is 1.52. The minimum Gasteiger partial charge on any atom is -0.493 e. The van der Waals surface area contributed by atoms with Crippen molar-refractivity contribution >= 4 is 23.4 Å². The van der Waals surface area contributed by atoms with Gasteiger partial charge in [0.15, 0.2) is 16.7 Å². The molecule has 1 N–H and O–H groups in total. The highest BCUT2D eigenvalue weighted by Gasteiger charge is 2.20. The van der Waals surface area contributed by atoms with Gasteiger partial charge in [-0.15, -0.1) is 0 Å². The maximum atomic E-state index is 12.3. The van der Waals surface area contributed by atoms with Crippen molar-refractivity contribution in [1.29, 1.82) is 5.26 Å². The van der Waals surface area contributed by atoms with Gasteiger partial charge in [-0.1, -0.05) is 47.6 Å². The van der Waals surface area contributed by atoms with Crippen molar-refractivity contribution in [3.63, 3.8) is 0 Å². The van der Waals surface area contributed by atoms with E-state index in [2.05, 4.69) is 9.97 Å². The van der Waals surface area contributed by atoms with Crippen LogP contribution in [0.15, 0.2) is 52.4 Å². The number of halogens is 1. The van der Waals surface area contributed by atoms with Crippen LogP contribution in [0.2, 0.25) is 5.02 Å². The molecular weight excluding hydrogens is 398 g/mol. The third-order valence-corrected chi connectivity index (χ3v) is 4.94. The molecule has 0 aliphatic heterocycles. The van der Waals surface area contributed by atoms with Gasteiger partial charge >= 0.3 is 0 Å². The molecule has 8 heteroatoms. The van der Waals surface area contributed by atoms with Crippen molar-refractivity contribution in [2.75, 3.05) is 13.4 Å². The summed E-state index contributed by atoms with van der Waals surface area (Å²) in [6.45, 7) is 0.188. The van der Waals surface area contributed by atoms with Crippen molar-refractivity contribution in [3.8, 4) is 28.8 Å². The molecule has 1 aromatic heterocycles. The molecule has 142 valence electrons. The van der Waals surface area contributed by atoms with E-state index in [1.807, 2.05) is 24.3 Å². The Hall–Kier alpha value is -2.95. The van der Waals surface area contributed by atoms with Gasteiger partial charge in [-0.2, -0.15) is 5.26 Å². The first kappa shape index (κ1) is 19.8. The van der Waals surface area contributed by atoms with E-state index in [1.54, 1.807) is 30.5 Å². The van der Waals surface area contributed by atoms with Crippen molar-refractivity contribution in [1.82, 2.24) is 9.97 Å². The van der Waals surface area contributed by atoms with Gasteiger partial charge in [0.25, 0.3) is 5.56 Å². The fourth-order valence-electron chi connectivity index (χ4n) is 2.63. The average Bonchev–Trinajstić information content (AvgIpc) is 2.72. The van der Waals surface area contributed by atoms with Crippen LogP contribution < -0.4 is 15.0 Å². The second-order valence-electron chi connectivity index (χ2n) is 5.63. The van der Waals surface area contributed by atoms with E-state index < -0.39 is 5.56 Å². The first-order valence-corrected chi connectivity index (χ1v) is 9.81. The zero-order valence-corrected chi connectivity index (χ0v) is 16.7. The quantitative estimate of drug-likeness (QED) is 0.479. The molecule has 0 aliphatic rings. The van der Waals surface area contributed by atoms with Gasteiger partial charge < -0.3 is 14.5 Å². The fourth-order valence-corrected chi connectivity index (χ4v) is 3.19. The van der Waals surface area contributed by atoms with Gasteiger partial charge in [-0.3, -0.25) is 4.79 Å². The molecule has 0 radical (unpaired) electrons. The lowest BCUT2D eigenvalue weighted by Gasteiger charge is -2.16. The Morgan fingerprint density at radius 3 is 2.71 bits per heavy atom. The van der Waals surface area contributed by atoms with Gasteiger partial charge in [-0.05, 0) is 24.5 Å². The first-order valence-electron chi connectivity index (χ1n) is 8.21. The summed E-state index contributed by atoms with van der Waals surface area (Å²) in [5.74, 6) is 0.841. The highest BCUT2D eigenvalue weighted by molar-refractivity contribution is 7.98. The molecule has 6 nitrogen and oxygen atoms in total. The van der Waals surface area contributed by atoms with Gasteiger partial charge in [0.1, 0.15) is 23.9 Å². The number of aromatic amines is 1. The molecule has 2 aromatic carbocycles. The number of hydrogen-bond acceptors (Lipinski definition) is 6. The highest BCUT2D eigenvalue weighted by atomic mass is 35.5. The van der Waals surface area contributed by atoms with E-state index in [1.165, 1.54) is 18.9 Å². The molecule has 3 rings (SSSR count). The number of nitriles is 1. The van der Waals surface area contributed by atoms with Crippen molar-refractivity contribution in [3.05, 3.63) is 69.0 Å². The summed E-state index contributed by atoms with van der Waals surface area (Å²) in [5, 5.41) is 10.5. The van der Waals surface area contributed by atoms with Gasteiger partial charge in [0.05, 0.1) is 7.11 Å². The minimum absolute atomic E-state index is 0.0892. The smallest absolute Gasteiger partial charge is 0.270 e. The maximum absolute atomic E-state index is 12.3. The molecule has 0 saturated carbocycles. The van der Waals surface area contributed by atoms with E-state index >= 15 is 0 Å². The van der Waals surface area contributed by atoms with Crippen LogP contribution in [0.4, 0.5) is 0 Å². The monoisotopic (exact) mass is 413 g/mol. The van der Waals surface area contributed by atoms with Crippen LogP contribution in [0.25, 0.3) is 11.3 Å². The number of benzene rings is 2. The molecule has 28 heavy (non-hydrogen) atoms. The number of rotatable bonds is 6. The maximum Gasteiger partial charge on any atom is 0.270 e. The number of H-pyrrole nitrogens is 1. The fraction of sp³-hybridized carbons (Fsp3) is 0.150. The molecule has 0 spiro atoms. The normalized spacial score (nSPS) is 10.4. The lowest BCUT2D eigenvalue weighted by atomic mass is 10.1. The third kappa shape index (κ3) is 3.98. The molecule has 0 saturated heterocycles. The number of nitrogens with one attached hydrogen (secondary N) is 1. The van der Waals surface area contributed by atoms with Crippen LogP contribution >= 0.6 is 23.4 Å². The molecule has 0 aliphatic carbocycles. The molecular formula is C20H16ClN3O3S. The number of ether oxygens (including phenoxy) is 2. The highest BCUT2D eigenvalue weighted by Crippen LogP contribution is 2.39. The Bertz CT molecular complexity index is 1110. The van der Waals surface area contributed by atoms with Crippen LogP contribution in [-0.2, 0) is 6.61 Å². The number of aromatic nitrogens is 2. The van der Waals surface area contributed by atoms with E-state index in [0.29, 0.717) is 27.2 Å². The Labute approximate surface area is 171 Å². The van der Waals surface area contributed by atoms with Crippen LogP contribution in [-0.4, -0.2) is 23.3 Å². The first-order chi connectivity index (χ1) is 13.6. The number of methoxy groups -OCH3 is 1. The molecule has 0 amide bonds. The van der Waals surface area contributed by atoms with Crippen LogP contribution in [0.5, 0.6) is 11.5 Å². The Morgan fingerprint density at radius 1 is 1.25 bits per heavy atom. The standard InChI is InChI=1S/C20H16ClN3O3S/c1-26-16-9-5-7-13(17-14(10-22)19(25)24-20(23-17)28-2)18(16)27-11-12-6-3-4-8-15(12)21/h3-9H,11H2,1-2H3,(H,23,24,25). The largest absolute Gasteiger partial charge is 0.493 e. The summed E-state index contributed by atoms with van der Waals surface area (Å²) in [5.41, 5.74) is 0.934. The molecule has 3 aromatic rings. The third-order valence-electron chi connectivity index (χ3n) is 3.99. The minimum atomic E-state index is -0.503. The summed E-state index contributed by atoms with van der Waals surface area (Å²) in [6.07, 6.45) is 1.79. The number of thioether (sulfide) groups is 1. The predicted molar refractivity (Wildman–Crippen MR) is 109 cm³/mol. The van der Waals surface area contributed by atoms with Gasteiger partial charge in [-0.25, -0.2) is 4.98 Å². The molecule has 0 atom stereocenters. The number of hydrogen-bond donors (Lipinski definition) is 1. The summed E-state index contributed by atoms with van der Waals surface area (Å²) >= 11 is 7.49. The van der Waals surface area contributed by atoms with Crippen LogP contribution in [0.1, 0.15) is 11.1 Å². The van der Waals surface area contributed by atoms with Gasteiger partial charge in [0.2, 0.25) is 0 Å².